The smallest absolute Gasteiger partial charge is 0.337 e. The molecule has 0 spiro atoms. The summed E-state index contributed by atoms with van der Waals surface area (Å²) in [5.74, 6) is -0.581. The van der Waals surface area contributed by atoms with Crippen molar-refractivity contribution in [1.82, 2.24) is 4.98 Å². The van der Waals surface area contributed by atoms with E-state index in [9.17, 15) is 4.79 Å². The van der Waals surface area contributed by atoms with E-state index in [0.29, 0.717) is 19.0 Å². The van der Waals surface area contributed by atoms with E-state index in [4.69, 9.17) is 21.4 Å². The van der Waals surface area contributed by atoms with Crippen LogP contribution in [0.15, 0.2) is 12.3 Å². The Labute approximate surface area is 111 Å². The molecular formula is C12H17ClN2O3. The highest BCUT2D eigenvalue weighted by Gasteiger charge is 2.20. The lowest BCUT2D eigenvalue weighted by molar-refractivity contribution is 0.0697. The second kappa shape index (κ2) is 6.56. The first-order valence-corrected chi connectivity index (χ1v) is 6.04. The first-order valence-electron chi connectivity index (χ1n) is 5.66. The van der Waals surface area contributed by atoms with Gasteiger partial charge in [-0.2, -0.15) is 0 Å². The molecule has 1 N–H and O–H groups in total. The van der Waals surface area contributed by atoms with E-state index in [0.717, 1.165) is 0 Å². The molecule has 1 aromatic heterocycles. The number of carboxylic acids is 1. The summed E-state index contributed by atoms with van der Waals surface area (Å²) in [6.07, 6.45) is 1.45. The zero-order valence-corrected chi connectivity index (χ0v) is 11.4. The van der Waals surface area contributed by atoms with Crippen LogP contribution in [0.25, 0.3) is 0 Å². The van der Waals surface area contributed by atoms with Crippen LogP contribution in [0.1, 0.15) is 24.2 Å². The average Bonchev–Trinajstić information content (AvgIpc) is 2.32. The molecule has 0 bridgehead atoms. The van der Waals surface area contributed by atoms with Crippen molar-refractivity contribution in [3.05, 3.63) is 22.8 Å². The van der Waals surface area contributed by atoms with Gasteiger partial charge in [0.05, 0.1) is 23.2 Å². The van der Waals surface area contributed by atoms with Crippen LogP contribution in [0.3, 0.4) is 0 Å². The Kier molecular flexibility index (Phi) is 5.37. The number of aromatic carboxylic acids is 1. The molecular weight excluding hydrogens is 256 g/mol. The number of pyridine rings is 1. The van der Waals surface area contributed by atoms with Gasteiger partial charge in [0.2, 0.25) is 0 Å². The molecule has 0 aromatic carbocycles. The number of carbonyl (C=O) groups is 1. The third kappa shape index (κ3) is 3.11. The summed E-state index contributed by atoms with van der Waals surface area (Å²) in [7, 11) is 1.62. The second-order valence-electron chi connectivity index (χ2n) is 3.89. The number of anilines is 1. The summed E-state index contributed by atoms with van der Waals surface area (Å²) < 4.78 is 5.10. The van der Waals surface area contributed by atoms with Gasteiger partial charge in [0.15, 0.2) is 0 Å². The summed E-state index contributed by atoms with van der Waals surface area (Å²) in [6, 6.07) is 1.46. The van der Waals surface area contributed by atoms with E-state index in [1.165, 1.54) is 12.3 Å². The molecule has 1 aromatic rings. The Bertz CT molecular complexity index is 426. The van der Waals surface area contributed by atoms with E-state index < -0.39 is 5.97 Å². The molecule has 0 aliphatic carbocycles. The summed E-state index contributed by atoms with van der Waals surface area (Å²) >= 11 is 6.10. The summed E-state index contributed by atoms with van der Waals surface area (Å²) in [5.41, 5.74) is 0.0599. The van der Waals surface area contributed by atoms with Gasteiger partial charge in [0, 0.05) is 19.9 Å². The summed E-state index contributed by atoms with van der Waals surface area (Å²) in [5, 5.41) is 9.19. The minimum Gasteiger partial charge on any atom is -0.478 e. The first kappa shape index (κ1) is 14.7. The standard InChI is InChI=1S/C12H17ClN2O3/c1-4-15(8(2)7-18-3)11-10(13)9(12(16)17)5-6-14-11/h5-6,8H,4,7H2,1-3H3,(H,16,17). The molecule has 18 heavy (non-hydrogen) atoms. The van der Waals surface area contributed by atoms with Gasteiger partial charge in [0.25, 0.3) is 0 Å². The van der Waals surface area contributed by atoms with Crippen LogP contribution < -0.4 is 4.90 Å². The molecule has 0 amide bonds. The predicted molar refractivity (Wildman–Crippen MR) is 70.6 cm³/mol. The van der Waals surface area contributed by atoms with E-state index in [2.05, 4.69) is 4.98 Å². The molecule has 0 aliphatic rings. The lowest BCUT2D eigenvalue weighted by Gasteiger charge is -2.29. The molecule has 6 heteroatoms. The lowest BCUT2D eigenvalue weighted by Crippen LogP contribution is -2.37. The highest BCUT2D eigenvalue weighted by molar-refractivity contribution is 6.35. The van der Waals surface area contributed by atoms with Crippen LogP contribution in [0.4, 0.5) is 5.82 Å². The van der Waals surface area contributed by atoms with Crippen molar-refractivity contribution < 1.29 is 14.6 Å². The van der Waals surface area contributed by atoms with Gasteiger partial charge in [0.1, 0.15) is 5.82 Å². The molecule has 0 saturated carbocycles. The second-order valence-corrected chi connectivity index (χ2v) is 4.27. The number of halogens is 1. The van der Waals surface area contributed by atoms with Gasteiger partial charge in [-0.15, -0.1) is 0 Å². The van der Waals surface area contributed by atoms with Gasteiger partial charge in [-0.05, 0) is 19.9 Å². The maximum atomic E-state index is 11.0. The Morgan fingerprint density at radius 2 is 2.33 bits per heavy atom. The first-order chi connectivity index (χ1) is 8.52. The van der Waals surface area contributed by atoms with Gasteiger partial charge in [-0.3, -0.25) is 0 Å². The molecule has 1 atom stereocenters. The molecule has 0 fully saturated rings. The monoisotopic (exact) mass is 272 g/mol. The van der Waals surface area contributed by atoms with E-state index in [1.807, 2.05) is 18.7 Å². The molecule has 0 radical (unpaired) electrons. The van der Waals surface area contributed by atoms with Gasteiger partial charge >= 0.3 is 5.97 Å². The lowest BCUT2D eigenvalue weighted by atomic mass is 10.2. The van der Waals surface area contributed by atoms with Crippen molar-refractivity contribution in [3.8, 4) is 0 Å². The van der Waals surface area contributed by atoms with Crippen molar-refractivity contribution in [2.24, 2.45) is 0 Å². The third-order valence-corrected chi connectivity index (χ3v) is 3.03. The fourth-order valence-electron chi connectivity index (χ4n) is 1.80. The van der Waals surface area contributed by atoms with Crippen molar-refractivity contribution >= 4 is 23.4 Å². The number of methoxy groups -OCH3 is 1. The van der Waals surface area contributed by atoms with E-state index >= 15 is 0 Å². The number of rotatable bonds is 6. The zero-order chi connectivity index (χ0) is 13.7. The van der Waals surface area contributed by atoms with Crippen molar-refractivity contribution in [3.63, 3.8) is 0 Å². The summed E-state index contributed by atoms with van der Waals surface area (Å²) in [6.45, 7) is 5.11. The third-order valence-electron chi connectivity index (χ3n) is 2.65. The maximum Gasteiger partial charge on any atom is 0.337 e. The number of nitrogens with zero attached hydrogens (tertiary/aromatic N) is 2. The molecule has 0 saturated heterocycles. The number of aromatic nitrogens is 1. The number of hydrogen-bond donors (Lipinski definition) is 1. The highest BCUT2D eigenvalue weighted by atomic mass is 35.5. The topological polar surface area (TPSA) is 62.7 Å². The fraction of sp³-hybridized carbons (Fsp3) is 0.500. The molecule has 1 unspecified atom stereocenters. The van der Waals surface area contributed by atoms with Crippen LogP contribution in [-0.2, 0) is 4.74 Å². The molecule has 5 nitrogen and oxygen atoms in total. The molecule has 1 rings (SSSR count). The number of hydrogen-bond acceptors (Lipinski definition) is 4. The number of carboxylic acid groups (broad SMARTS) is 1. The molecule has 1 heterocycles. The van der Waals surface area contributed by atoms with Crippen molar-refractivity contribution in [1.29, 1.82) is 0 Å². The van der Waals surface area contributed by atoms with Gasteiger partial charge < -0.3 is 14.7 Å². The minimum absolute atomic E-state index is 0.0599. The van der Waals surface area contributed by atoms with Crippen LogP contribution in [-0.4, -0.2) is 42.4 Å². The van der Waals surface area contributed by atoms with Crippen LogP contribution in [0.2, 0.25) is 5.02 Å². The van der Waals surface area contributed by atoms with Crippen molar-refractivity contribution in [2.45, 2.75) is 19.9 Å². The van der Waals surface area contributed by atoms with Crippen LogP contribution in [0, 0.1) is 0 Å². The molecule has 100 valence electrons. The number of likely N-dealkylation sites (N-methyl/N-ethyl adjacent to an activating group) is 1. The normalized spacial score (nSPS) is 12.2. The van der Waals surface area contributed by atoms with Crippen molar-refractivity contribution in [2.75, 3.05) is 25.2 Å². The quantitative estimate of drug-likeness (QED) is 0.861. The van der Waals surface area contributed by atoms with E-state index in [1.54, 1.807) is 7.11 Å². The minimum atomic E-state index is -1.06. The Balaban J connectivity index is 3.14. The van der Waals surface area contributed by atoms with Crippen LogP contribution in [0.5, 0.6) is 0 Å². The predicted octanol–water partition coefficient (Wildman–Crippen LogP) is 2.29. The van der Waals surface area contributed by atoms with Crippen LogP contribution >= 0.6 is 11.6 Å². The fourth-order valence-corrected chi connectivity index (χ4v) is 2.10. The number of ether oxygens (including phenoxy) is 1. The maximum absolute atomic E-state index is 11.0. The largest absolute Gasteiger partial charge is 0.478 e. The van der Waals surface area contributed by atoms with E-state index in [-0.39, 0.29) is 16.6 Å². The highest BCUT2D eigenvalue weighted by Crippen LogP contribution is 2.28. The Morgan fingerprint density at radius 1 is 1.67 bits per heavy atom. The SMILES string of the molecule is CCN(c1nccc(C(=O)O)c1Cl)C(C)COC. The van der Waals surface area contributed by atoms with Gasteiger partial charge in [-0.25, -0.2) is 9.78 Å². The summed E-state index contributed by atoms with van der Waals surface area (Å²) in [4.78, 5) is 17.1. The Hall–Kier alpha value is -1.33. The average molecular weight is 273 g/mol. The molecule has 0 aliphatic heterocycles. The zero-order valence-electron chi connectivity index (χ0n) is 10.7. The van der Waals surface area contributed by atoms with Gasteiger partial charge in [-0.1, -0.05) is 11.6 Å². The Morgan fingerprint density at radius 3 is 2.83 bits per heavy atom.